The zero-order chi connectivity index (χ0) is 16.5. The number of hydrogen-bond acceptors (Lipinski definition) is 4. The molecule has 1 unspecified atom stereocenters. The monoisotopic (exact) mass is 320 g/mol. The van der Waals surface area contributed by atoms with Crippen molar-refractivity contribution < 1.29 is 14.6 Å². The Morgan fingerprint density at radius 1 is 1.30 bits per heavy atom. The van der Waals surface area contributed by atoms with E-state index >= 15 is 0 Å². The second-order valence-electron chi connectivity index (χ2n) is 6.21. The van der Waals surface area contributed by atoms with E-state index in [4.69, 9.17) is 4.74 Å². The van der Waals surface area contributed by atoms with Crippen molar-refractivity contribution in [2.75, 3.05) is 39.4 Å². The van der Waals surface area contributed by atoms with Gasteiger partial charge in [0.2, 0.25) is 5.91 Å². The number of nitrogens with zero attached hydrogens (tertiary/aromatic N) is 1. The third kappa shape index (κ3) is 7.12. The fourth-order valence-corrected chi connectivity index (χ4v) is 2.67. The number of morpholine rings is 1. The number of carbonyl (C=O) groups is 1. The molecule has 0 aromatic heterocycles. The van der Waals surface area contributed by atoms with Gasteiger partial charge < -0.3 is 15.2 Å². The molecule has 2 N–H and O–H groups in total. The van der Waals surface area contributed by atoms with Gasteiger partial charge in [-0.25, -0.2) is 0 Å². The predicted octanol–water partition coefficient (Wildman–Crippen LogP) is 1.13. The van der Waals surface area contributed by atoms with E-state index in [-0.39, 0.29) is 5.91 Å². The van der Waals surface area contributed by atoms with Crippen LogP contribution in [0.1, 0.15) is 24.0 Å². The molecule has 128 valence electrons. The molecule has 1 aromatic rings. The van der Waals surface area contributed by atoms with Gasteiger partial charge >= 0.3 is 0 Å². The number of benzene rings is 1. The third-order valence-electron chi connectivity index (χ3n) is 4.10. The van der Waals surface area contributed by atoms with Crippen LogP contribution in [0.5, 0.6) is 0 Å². The first-order valence-corrected chi connectivity index (χ1v) is 8.44. The smallest absolute Gasteiger partial charge is 0.220 e. The molecule has 1 fully saturated rings. The Balaban J connectivity index is 1.56. The van der Waals surface area contributed by atoms with Crippen molar-refractivity contribution in [2.45, 2.75) is 32.3 Å². The molecule has 1 heterocycles. The van der Waals surface area contributed by atoms with E-state index in [0.717, 1.165) is 39.1 Å². The molecule has 0 radical (unpaired) electrons. The van der Waals surface area contributed by atoms with Crippen molar-refractivity contribution in [3.8, 4) is 0 Å². The number of ether oxygens (including phenoxy) is 1. The molecule has 0 bridgehead atoms. The lowest BCUT2D eigenvalue weighted by molar-refractivity contribution is -0.121. The Kier molecular flexibility index (Phi) is 7.52. The third-order valence-corrected chi connectivity index (χ3v) is 4.10. The molecule has 1 aliphatic heterocycles. The minimum Gasteiger partial charge on any atom is -0.390 e. The summed E-state index contributed by atoms with van der Waals surface area (Å²) in [5, 5.41) is 12.8. The van der Waals surface area contributed by atoms with Gasteiger partial charge in [-0.2, -0.15) is 0 Å². The van der Waals surface area contributed by atoms with Gasteiger partial charge in [-0.1, -0.05) is 29.8 Å². The Hall–Kier alpha value is -1.43. The predicted molar refractivity (Wildman–Crippen MR) is 90.4 cm³/mol. The van der Waals surface area contributed by atoms with Crippen molar-refractivity contribution in [3.63, 3.8) is 0 Å². The van der Waals surface area contributed by atoms with Gasteiger partial charge in [-0.3, -0.25) is 9.69 Å². The maximum absolute atomic E-state index is 11.8. The minimum atomic E-state index is -0.519. The quantitative estimate of drug-likeness (QED) is 0.754. The maximum Gasteiger partial charge on any atom is 0.220 e. The number of nitrogens with one attached hydrogen (secondary N) is 1. The summed E-state index contributed by atoms with van der Waals surface area (Å²) in [4.78, 5) is 14.0. The summed E-state index contributed by atoms with van der Waals surface area (Å²) in [6.07, 6.45) is 1.71. The van der Waals surface area contributed by atoms with Crippen LogP contribution >= 0.6 is 0 Å². The Morgan fingerprint density at radius 3 is 2.70 bits per heavy atom. The van der Waals surface area contributed by atoms with Gasteiger partial charge in [0.1, 0.15) is 0 Å². The SMILES string of the molecule is Cc1ccc(CCCC(=O)NCC(O)CN2CCOCC2)cc1. The summed E-state index contributed by atoms with van der Waals surface area (Å²) in [7, 11) is 0. The van der Waals surface area contributed by atoms with Crippen LogP contribution in [0.2, 0.25) is 0 Å². The van der Waals surface area contributed by atoms with Crippen molar-refractivity contribution in [2.24, 2.45) is 0 Å². The number of hydrogen-bond donors (Lipinski definition) is 2. The summed E-state index contributed by atoms with van der Waals surface area (Å²) in [6, 6.07) is 8.41. The van der Waals surface area contributed by atoms with Gasteiger partial charge in [0.15, 0.2) is 0 Å². The molecule has 0 spiro atoms. The normalized spacial score (nSPS) is 17.0. The number of aliphatic hydroxyl groups is 1. The van der Waals surface area contributed by atoms with Crippen molar-refractivity contribution >= 4 is 5.91 Å². The molecule has 0 aliphatic carbocycles. The number of aliphatic hydroxyl groups excluding tert-OH is 1. The van der Waals surface area contributed by atoms with E-state index in [1.165, 1.54) is 11.1 Å². The van der Waals surface area contributed by atoms with E-state index in [2.05, 4.69) is 41.4 Å². The van der Waals surface area contributed by atoms with E-state index in [9.17, 15) is 9.90 Å². The number of rotatable bonds is 8. The van der Waals surface area contributed by atoms with E-state index in [0.29, 0.717) is 19.5 Å². The molecule has 1 atom stereocenters. The fourth-order valence-electron chi connectivity index (χ4n) is 2.67. The van der Waals surface area contributed by atoms with Gasteiger partial charge in [0.05, 0.1) is 19.3 Å². The van der Waals surface area contributed by atoms with Gasteiger partial charge in [-0.05, 0) is 25.3 Å². The van der Waals surface area contributed by atoms with Crippen LogP contribution in [-0.2, 0) is 16.0 Å². The molecule has 5 nitrogen and oxygen atoms in total. The zero-order valence-corrected chi connectivity index (χ0v) is 14.0. The Labute approximate surface area is 138 Å². The highest BCUT2D eigenvalue weighted by molar-refractivity contribution is 5.75. The first-order chi connectivity index (χ1) is 11.1. The fraction of sp³-hybridized carbons (Fsp3) is 0.611. The standard InChI is InChI=1S/C18H28N2O3/c1-15-5-7-16(8-6-15)3-2-4-18(22)19-13-17(21)14-20-9-11-23-12-10-20/h5-8,17,21H,2-4,9-14H2,1H3,(H,19,22). The first kappa shape index (κ1) is 17.9. The minimum absolute atomic E-state index is 0.0122. The van der Waals surface area contributed by atoms with Crippen LogP contribution in [0, 0.1) is 6.92 Å². The number of β-amino-alcohol motifs (C(OH)–C–C–N with tert-alkyl or cyclic N) is 1. The lowest BCUT2D eigenvalue weighted by Gasteiger charge is -2.28. The summed E-state index contributed by atoms with van der Waals surface area (Å²) in [6.45, 7) is 6.12. The first-order valence-electron chi connectivity index (χ1n) is 8.44. The summed E-state index contributed by atoms with van der Waals surface area (Å²) >= 11 is 0. The highest BCUT2D eigenvalue weighted by Crippen LogP contribution is 2.07. The highest BCUT2D eigenvalue weighted by atomic mass is 16.5. The van der Waals surface area contributed by atoms with Gasteiger partial charge in [0.25, 0.3) is 0 Å². The number of aryl methyl sites for hydroxylation is 2. The average Bonchev–Trinajstić information content (AvgIpc) is 2.56. The molecule has 23 heavy (non-hydrogen) atoms. The summed E-state index contributed by atoms with van der Waals surface area (Å²) < 4.78 is 5.27. The van der Waals surface area contributed by atoms with E-state index in [1.807, 2.05) is 0 Å². The largest absolute Gasteiger partial charge is 0.390 e. The van der Waals surface area contributed by atoms with Crippen LogP contribution in [0.25, 0.3) is 0 Å². The molecule has 1 saturated heterocycles. The molecule has 2 rings (SSSR count). The summed E-state index contributed by atoms with van der Waals surface area (Å²) in [5.41, 5.74) is 2.51. The summed E-state index contributed by atoms with van der Waals surface area (Å²) in [5.74, 6) is 0.0122. The van der Waals surface area contributed by atoms with Gasteiger partial charge in [-0.15, -0.1) is 0 Å². The van der Waals surface area contributed by atoms with Crippen LogP contribution < -0.4 is 5.32 Å². The topological polar surface area (TPSA) is 61.8 Å². The molecule has 1 aromatic carbocycles. The molecule has 1 aliphatic rings. The van der Waals surface area contributed by atoms with Crippen molar-refractivity contribution in [1.82, 2.24) is 10.2 Å². The second kappa shape index (κ2) is 9.65. The molecular formula is C18H28N2O3. The lowest BCUT2D eigenvalue weighted by Crippen LogP contribution is -2.44. The molecular weight excluding hydrogens is 292 g/mol. The zero-order valence-electron chi connectivity index (χ0n) is 14.0. The lowest BCUT2D eigenvalue weighted by atomic mass is 10.1. The van der Waals surface area contributed by atoms with E-state index < -0.39 is 6.10 Å². The van der Waals surface area contributed by atoms with Crippen molar-refractivity contribution in [1.29, 1.82) is 0 Å². The Morgan fingerprint density at radius 2 is 2.00 bits per heavy atom. The second-order valence-corrected chi connectivity index (χ2v) is 6.21. The molecule has 5 heteroatoms. The molecule has 1 amide bonds. The average molecular weight is 320 g/mol. The van der Waals surface area contributed by atoms with Crippen molar-refractivity contribution in [3.05, 3.63) is 35.4 Å². The van der Waals surface area contributed by atoms with Crippen LogP contribution in [0.4, 0.5) is 0 Å². The van der Waals surface area contributed by atoms with Crippen LogP contribution in [-0.4, -0.2) is 61.4 Å². The Bertz CT molecular complexity index is 470. The van der Waals surface area contributed by atoms with Crippen LogP contribution in [0.3, 0.4) is 0 Å². The van der Waals surface area contributed by atoms with E-state index in [1.54, 1.807) is 0 Å². The van der Waals surface area contributed by atoms with Gasteiger partial charge in [0, 0.05) is 32.6 Å². The highest BCUT2D eigenvalue weighted by Gasteiger charge is 2.15. The number of carbonyl (C=O) groups excluding carboxylic acids is 1. The molecule has 0 saturated carbocycles. The van der Waals surface area contributed by atoms with Crippen LogP contribution in [0.15, 0.2) is 24.3 Å². The maximum atomic E-state index is 11.8. The number of amides is 1.